The number of aryl methyl sites for hydroxylation is 3. The lowest BCUT2D eigenvalue weighted by Crippen LogP contribution is -2.37. The molecular weight excluding hydrogens is 344 g/mol. The predicted molar refractivity (Wildman–Crippen MR) is 103 cm³/mol. The molecule has 1 aromatic carbocycles. The molecule has 7 heteroatoms. The van der Waals surface area contributed by atoms with Gasteiger partial charge in [-0.15, -0.1) is 0 Å². The number of nitrogens with zero attached hydrogens (tertiary/aromatic N) is 3. The largest absolute Gasteiger partial charge is 0.442 e. The third-order valence-corrected chi connectivity index (χ3v) is 4.95. The van der Waals surface area contributed by atoms with Crippen LogP contribution in [0.2, 0.25) is 0 Å². The highest BCUT2D eigenvalue weighted by Gasteiger charge is 2.26. The van der Waals surface area contributed by atoms with E-state index in [2.05, 4.69) is 20.2 Å². The zero-order chi connectivity index (χ0) is 19.0. The molecule has 1 saturated heterocycles. The van der Waals surface area contributed by atoms with Crippen molar-refractivity contribution in [2.75, 3.05) is 36.5 Å². The molecule has 1 amide bonds. The van der Waals surface area contributed by atoms with Crippen LogP contribution in [0.5, 0.6) is 0 Å². The summed E-state index contributed by atoms with van der Waals surface area (Å²) in [4.78, 5) is 23.8. The van der Waals surface area contributed by atoms with Crippen LogP contribution in [0.3, 0.4) is 0 Å². The summed E-state index contributed by atoms with van der Waals surface area (Å²) in [6.45, 7) is 8.54. The second-order valence-corrected chi connectivity index (χ2v) is 6.76. The minimum atomic E-state index is -0.223. The molecule has 0 bridgehead atoms. The highest BCUT2D eigenvalue weighted by atomic mass is 16.5. The maximum atomic E-state index is 13.1. The van der Waals surface area contributed by atoms with Crippen LogP contribution < -0.4 is 10.2 Å². The zero-order valence-corrected chi connectivity index (χ0v) is 15.7. The third kappa shape index (κ3) is 3.26. The highest BCUT2D eigenvalue weighted by Crippen LogP contribution is 2.32. The number of fused-ring (bicyclic) bond motifs is 1. The summed E-state index contributed by atoms with van der Waals surface area (Å²) in [5.74, 6) is 1.02. The molecule has 3 aromatic rings. The van der Waals surface area contributed by atoms with Gasteiger partial charge in [-0.05, 0) is 44.0 Å². The summed E-state index contributed by atoms with van der Waals surface area (Å²) in [6, 6.07) is 5.86. The molecule has 0 radical (unpaired) electrons. The number of carbonyl (C=O) groups excluding carboxylic acids is 1. The predicted octanol–water partition coefficient (Wildman–Crippen LogP) is 3.24. The van der Waals surface area contributed by atoms with E-state index >= 15 is 0 Å². The minimum Gasteiger partial charge on any atom is -0.442 e. The van der Waals surface area contributed by atoms with Gasteiger partial charge in [0.05, 0.1) is 24.2 Å². The fourth-order valence-corrected chi connectivity index (χ4v) is 3.33. The van der Waals surface area contributed by atoms with Crippen molar-refractivity contribution in [1.82, 2.24) is 9.97 Å². The number of benzene rings is 1. The van der Waals surface area contributed by atoms with E-state index in [0.29, 0.717) is 54.5 Å². The topological polar surface area (TPSA) is 80.5 Å². The number of furan rings is 1. The summed E-state index contributed by atoms with van der Waals surface area (Å²) in [6.07, 6.45) is 1.47. The molecule has 27 heavy (non-hydrogen) atoms. The molecule has 0 saturated carbocycles. The molecule has 140 valence electrons. The van der Waals surface area contributed by atoms with E-state index in [9.17, 15) is 4.79 Å². The standard InChI is InChI=1S/C20H22N4O3/c1-12-4-5-15(10-13(12)2)23-19(25)16-14(3)27-20-17(16)18(21-11-22-20)24-6-8-26-9-7-24/h4-5,10-11H,6-9H2,1-3H3,(H,23,25). The van der Waals surface area contributed by atoms with Crippen LogP contribution in [-0.4, -0.2) is 42.2 Å². The number of aromatic nitrogens is 2. The van der Waals surface area contributed by atoms with Gasteiger partial charge in [-0.2, -0.15) is 0 Å². The van der Waals surface area contributed by atoms with Crippen LogP contribution in [0.25, 0.3) is 11.1 Å². The molecule has 2 aromatic heterocycles. The smallest absolute Gasteiger partial charge is 0.260 e. The first-order valence-corrected chi connectivity index (χ1v) is 9.00. The van der Waals surface area contributed by atoms with Gasteiger partial charge < -0.3 is 19.4 Å². The van der Waals surface area contributed by atoms with Crippen molar-refractivity contribution in [3.63, 3.8) is 0 Å². The van der Waals surface area contributed by atoms with Gasteiger partial charge in [0.2, 0.25) is 5.71 Å². The van der Waals surface area contributed by atoms with Gasteiger partial charge in [-0.3, -0.25) is 4.79 Å². The van der Waals surface area contributed by atoms with Crippen molar-refractivity contribution in [2.45, 2.75) is 20.8 Å². The molecular formula is C20H22N4O3. The van der Waals surface area contributed by atoms with Crippen LogP contribution in [0.1, 0.15) is 27.2 Å². The summed E-state index contributed by atoms with van der Waals surface area (Å²) < 4.78 is 11.2. The van der Waals surface area contributed by atoms with Gasteiger partial charge in [0, 0.05) is 18.8 Å². The quantitative estimate of drug-likeness (QED) is 0.766. The van der Waals surface area contributed by atoms with Crippen molar-refractivity contribution in [3.05, 3.63) is 47.0 Å². The number of nitrogens with one attached hydrogen (secondary N) is 1. The Labute approximate surface area is 157 Å². The highest BCUT2D eigenvalue weighted by molar-refractivity contribution is 6.15. The summed E-state index contributed by atoms with van der Waals surface area (Å²) in [5.41, 5.74) is 3.96. The lowest BCUT2D eigenvalue weighted by molar-refractivity contribution is 0.102. The number of rotatable bonds is 3. The van der Waals surface area contributed by atoms with E-state index in [1.807, 2.05) is 32.0 Å². The Morgan fingerprint density at radius 2 is 1.89 bits per heavy atom. The van der Waals surface area contributed by atoms with Crippen LogP contribution >= 0.6 is 0 Å². The Morgan fingerprint density at radius 1 is 1.11 bits per heavy atom. The molecule has 1 aliphatic heterocycles. The van der Waals surface area contributed by atoms with E-state index in [0.717, 1.165) is 11.3 Å². The van der Waals surface area contributed by atoms with Gasteiger partial charge in [0.15, 0.2) is 0 Å². The van der Waals surface area contributed by atoms with Crippen molar-refractivity contribution in [1.29, 1.82) is 0 Å². The molecule has 4 rings (SSSR count). The second kappa shape index (κ2) is 7.00. The van der Waals surface area contributed by atoms with Crippen LogP contribution in [0.4, 0.5) is 11.5 Å². The lowest BCUT2D eigenvalue weighted by Gasteiger charge is -2.28. The zero-order valence-electron chi connectivity index (χ0n) is 15.7. The van der Waals surface area contributed by atoms with E-state index in [1.54, 1.807) is 6.92 Å². The average molecular weight is 366 g/mol. The van der Waals surface area contributed by atoms with E-state index < -0.39 is 0 Å². The Hall–Kier alpha value is -2.93. The Balaban J connectivity index is 1.74. The van der Waals surface area contributed by atoms with Crippen molar-refractivity contribution >= 4 is 28.5 Å². The first-order valence-electron chi connectivity index (χ1n) is 9.00. The fraction of sp³-hybridized carbons (Fsp3) is 0.350. The number of amides is 1. The molecule has 0 spiro atoms. The van der Waals surface area contributed by atoms with Gasteiger partial charge in [-0.1, -0.05) is 6.07 Å². The Bertz CT molecular complexity index is 1010. The fourth-order valence-electron chi connectivity index (χ4n) is 3.33. The van der Waals surface area contributed by atoms with Crippen LogP contribution in [0.15, 0.2) is 28.9 Å². The molecule has 7 nitrogen and oxygen atoms in total. The first kappa shape index (κ1) is 17.5. The second-order valence-electron chi connectivity index (χ2n) is 6.76. The van der Waals surface area contributed by atoms with E-state index in [4.69, 9.17) is 9.15 Å². The van der Waals surface area contributed by atoms with Gasteiger partial charge in [0.25, 0.3) is 5.91 Å². The van der Waals surface area contributed by atoms with E-state index in [1.165, 1.54) is 11.9 Å². The van der Waals surface area contributed by atoms with Crippen molar-refractivity contribution in [3.8, 4) is 0 Å². The van der Waals surface area contributed by atoms with E-state index in [-0.39, 0.29) is 5.91 Å². The number of morpholine rings is 1. The summed E-state index contributed by atoms with van der Waals surface area (Å²) >= 11 is 0. The van der Waals surface area contributed by atoms with Crippen LogP contribution in [0, 0.1) is 20.8 Å². The molecule has 0 atom stereocenters. The maximum Gasteiger partial charge on any atom is 0.260 e. The Kier molecular flexibility index (Phi) is 4.53. The molecule has 1 fully saturated rings. The number of hydrogen-bond acceptors (Lipinski definition) is 6. The minimum absolute atomic E-state index is 0.223. The normalized spacial score (nSPS) is 14.6. The number of hydrogen-bond donors (Lipinski definition) is 1. The monoisotopic (exact) mass is 366 g/mol. The van der Waals surface area contributed by atoms with Crippen molar-refractivity contribution < 1.29 is 13.9 Å². The number of carbonyl (C=O) groups is 1. The van der Waals surface area contributed by atoms with Gasteiger partial charge in [-0.25, -0.2) is 9.97 Å². The van der Waals surface area contributed by atoms with Gasteiger partial charge in [0.1, 0.15) is 17.9 Å². The van der Waals surface area contributed by atoms with Gasteiger partial charge >= 0.3 is 0 Å². The molecule has 0 unspecified atom stereocenters. The lowest BCUT2D eigenvalue weighted by atomic mass is 10.1. The number of anilines is 2. The Morgan fingerprint density at radius 3 is 2.63 bits per heavy atom. The SMILES string of the molecule is Cc1ccc(NC(=O)c2c(C)oc3ncnc(N4CCOCC4)c23)cc1C. The van der Waals surface area contributed by atoms with Crippen LogP contribution in [-0.2, 0) is 4.74 Å². The summed E-state index contributed by atoms with van der Waals surface area (Å²) in [7, 11) is 0. The summed E-state index contributed by atoms with van der Waals surface area (Å²) in [5, 5.41) is 3.63. The molecule has 1 N–H and O–H groups in total. The first-order chi connectivity index (χ1) is 13.0. The molecule has 0 aliphatic carbocycles. The maximum absolute atomic E-state index is 13.1. The molecule has 3 heterocycles. The third-order valence-electron chi connectivity index (χ3n) is 4.95. The van der Waals surface area contributed by atoms with Crippen molar-refractivity contribution in [2.24, 2.45) is 0 Å². The molecule has 1 aliphatic rings. The number of ether oxygens (including phenoxy) is 1. The average Bonchev–Trinajstić information content (AvgIpc) is 3.01.